The fraction of sp³-hybridized carbons (Fsp3) is 0.867. The molecule has 0 aliphatic heterocycles. The van der Waals surface area contributed by atoms with E-state index >= 15 is 0 Å². The zero-order valence-electron chi connectivity index (χ0n) is 14.2. The standard InChI is InChI=1S/C15H29BN2O5/c1-10(2)9-13(23-16(21)22)18-15(20)11(3)14(19)17-12-7-5-4-6-8-12/h10-13,21-22H,4-9H2,1-3H3,(H,17,19)(H,18,20)/t11?,13-/m1/s1. The van der Waals surface area contributed by atoms with Gasteiger partial charge in [0.25, 0.3) is 0 Å². The summed E-state index contributed by atoms with van der Waals surface area (Å²) in [5.41, 5.74) is 0. The largest absolute Gasteiger partial charge is 0.635 e. The minimum atomic E-state index is -1.97. The predicted octanol–water partition coefficient (Wildman–Crippen LogP) is 0.546. The summed E-state index contributed by atoms with van der Waals surface area (Å²) in [7, 11) is -1.97. The highest BCUT2D eigenvalue weighted by Gasteiger charge is 2.28. The van der Waals surface area contributed by atoms with Gasteiger partial charge in [-0.3, -0.25) is 9.59 Å². The molecule has 0 bridgehead atoms. The van der Waals surface area contributed by atoms with Crippen LogP contribution in [0.15, 0.2) is 0 Å². The second-order valence-electron chi connectivity index (χ2n) is 6.65. The van der Waals surface area contributed by atoms with Crippen molar-refractivity contribution in [3.8, 4) is 0 Å². The van der Waals surface area contributed by atoms with E-state index in [0.29, 0.717) is 6.42 Å². The monoisotopic (exact) mass is 328 g/mol. The quantitative estimate of drug-likeness (QED) is 0.296. The van der Waals surface area contributed by atoms with Crippen molar-refractivity contribution in [3.63, 3.8) is 0 Å². The Morgan fingerprint density at radius 1 is 1.13 bits per heavy atom. The number of rotatable bonds is 8. The van der Waals surface area contributed by atoms with E-state index in [1.54, 1.807) is 0 Å². The molecular formula is C15H29BN2O5. The molecule has 2 atom stereocenters. The van der Waals surface area contributed by atoms with Gasteiger partial charge in [0, 0.05) is 6.04 Å². The average Bonchev–Trinajstić information content (AvgIpc) is 2.45. The molecule has 1 unspecified atom stereocenters. The van der Waals surface area contributed by atoms with Crippen LogP contribution in [0, 0.1) is 11.8 Å². The molecular weight excluding hydrogens is 299 g/mol. The van der Waals surface area contributed by atoms with Gasteiger partial charge in [0.2, 0.25) is 11.8 Å². The van der Waals surface area contributed by atoms with Crippen LogP contribution in [-0.4, -0.2) is 41.5 Å². The second kappa shape index (κ2) is 9.90. The van der Waals surface area contributed by atoms with E-state index in [1.165, 1.54) is 13.3 Å². The topological polar surface area (TPSA) is 108 Å². The maximum absolute atomic E-state index is 12.2. The third kappa shape index (κ3) is 7.81. The van der Waals surface area contributed by atoms with E-state index in [9.17, 15) is 9.59 Å². The smallest absolute Gasteiger partial charge is 0.402 e. The van der Waals surface area contributed by atoms with E-state index in [1.807, 2.05) is 13.8 Å². The van der Waals surface area contributed by atoms with Gasteiger partial charge < -0.3 is 25.3 Å². The highest BCUT2D eigenvalue weighted by molar-refractivity contribution is 6.32. The summed E-state index contributed by atoms with van der Waals surface area (Å²) < 4.78 is 4.86. The summed E-state index contributed by atoms with van der Waals surface area (Å²) in [5, 5.41) is 23.3. The van der Waals surface area contributed by atoms with Crippen molar-refractivity contribution in [3.05, 3.63) is 0 Å². The maximum Gasteiger partial charge on any atom is 0.635 e. The molecule has 1 aliphatic carbocycles. The van der Waals surface area contributed by atoms with Crippen molar-refractivity contribution in [1.29, 1.82) is 0 Å². The van der Waals surface area contributed by atoms with Gasteiger partial charge in [-0.1, -0.05) is 33.1 Å². The molecule has 2 amide bonds. The van der Waals surface area contributed by atoms with Crippen molar-refractivity contribution >= 4 is 19.1 Å². The molecule has 132 valence electrons. The Hall–Kier alpha value is -1.12. The van der Waals surface area contributed by atoms with Crippen LogP contribution in [0.3, 0.4) is 0 Å². The summed E-state index contributed by atoms with van der Waals surface area (Å²) in [4.78, 5) is 24.4. The molecule has 1 aliphatic rings. The van der Waals surface area contributed by atoms with Crippen LogP contribution in [-0.2, 0) is 14.2 Å². The number of hydrogen-bond acceptors (Lipinski definition) is 5. The minimum Gasteiger partial charge on any atom is -0.402 e. The van der Waals surface area contributed by atoms with Gasteiger partial charge in [0.15, 0.2) is 0 Å². The third-order valence-corrected chi connectivity index (χ3v) is 4.01. The number of amides is 2. The number of carbonyl (C=O) groups excluding carboxylic acids is 2. The van der Waals surface area contributed by atoms with Gasteiger partial charge in [-0.2, -0.15) is 0 Å². The summed E-state index contributed by atoms with van der Waals surface area (Å²) in [6.45, 7) is 5.38. The third-order valence-electron chi connectivity index (χ3n) is 4.01. The zero-order valence-corrected chi connectivity index (χ0v) is 14.2. The molecule has 8 heteroatoms. The predicted molar refractivity (Wildman–Crippen MR) is 86.8 cm³/mol. The summed E-state index contributed by atoms with van der Waals surface area (Å²) in [6.07, 6.45) is 4.88. The van der Waals surface area contributed by atoms with Crippen molar-refractivity contribution in [1.82, 2.24) is 10.6 Å². The Kier molecular flexibility index (Phi) is 8.58. The molecule has 1 rings (SSSR count). The highest BCUT2D eigenvalue weighted by atomic mass is 16.6. The molecule has 1 fully saturated rings. The summed E-state index contributed by atoms with van der Waals surface area (Å²) >= 11 is 0. The molecule has 0 aromatic heterocycles. The molecule has 0 radical (unpaired) electrons. The lowest BCUT2D eigenvalue weighted by Crippen LogP contribution is -2.48. The van der Waals surface area contributed by atoms with Crippen LogP contribution in [0.2, 0.25) is 0 Å². The van der Waals surface area contributed by atoms with Gasteiger partial charge in [-0.15, -0.1) is 0 Å². The van der Waals surface area contributed by atoms with Crippen LogP contribution in [0.5, 0.6) is 0 Å². The zero-order chi connectivity index (χ0) is 17.4. The number of carbonyl (C=O) groups is 2. The Morgan fingerprint density at radius 3 is 2.26 bits per heavy atom. The van der Waals surface area contributed by atoms with Gasteiger partial charge in [-0.25, -0.2) is 0 Å². The van der Waals surface area contributed by atoms with Gasteiger partial charge in [0.05, 0.1) is 0 Å². The minimum absolute atomic E-state index is 0.147. The Bertz CT molecular complexity index is 376. The van der Waals surface area contributed by atoms with Crippen LogP contribution >= 0.6 is 0 Å². The maximum atomic E-state index is 12.2. The SMILES string of the molecule is CC(C)C[C@H](NC(=O)C(C)C(=O)NC1CCCCC1)OB(O)O. The molecule has 1 saturated carbocycles. The molecule has 0 aromatic carbocycles. The average molecular weight is 328 g/mol. The first-order chi connectivity index (χ1) is 10.8. The van der Waals surface area contributed by atoms with Gasteiger partial charge >= 0.3 is 7.32 Å². The van der Waals surface area contributed by atoms with Crippen LogP contribution < -0.4 is 10.6 Å². The van der Waals surface area contributed by atoms with Crippen LogP contribution in [0.25, 0.3) is 0 Å². The lowest BCUT2D eigenvalue weighted by atomic mass is 9.95. The summed E-state index contributed by atoms with van der Waals surface area (Å²) in [6, 6.07) is 0.147. The fourth-order valence-electron chi connectivity index (χ4n) is 2.70. The first-order valence-electron chi connectivity index (χ1n) is 8.42. The van der Waals surface area contributed by atoms with Crippen molar-refractivity contribution in [2.24, 2.45) is 11.8 Å². The van der Waals surface area contributed by atoms with Crippen molar-refractivity contribution in [2.45, 2.75) is 71.6 Å². The van der Waals surface area contributed by atoms with E-state index < -0.39 is 25.4 Å². The fourth-order valence-corrected chi connectivity index (χ4v) is 2.70. The molecule has 4 N–H and O–H groups in total. The Morgan fingerprint density at radius 2 is 1.74 bits per heavy atom. The lowest BCUT2D eigenvalue weighted by molar-refractivity contribution is -0.136. The number of hydrogen-bond donors (Lipinski definition) is 4. The van der Waals surface area contributed by atoms with E-state index in [2.05, 4.69) is 10.6 Å². The van der Waals surface area contributed by atoms with E-state index in [-0.39, 0.29) is 17.9 Å². The molecule has 0 heterocycles. The molecule has 0 aromatic rings. The molecule has 7 nitrogen and oxygen atoms in total. The lowest BCUT2D eigenvalue weighted by Gasteiger charge is -2.26. The molecule has 0 spiro atoms. The normalized spacial score (nSPS) is 18.3. The highest BCUT2D eigenvalue weighted by Crippen LogP contribution is 2.18. The molecule has 23 heavy (non-hydrogen) atoms. The second-order valence-corrected chi connectivity index (χ2v) is 6.65. The van der Waals surface area contributed by atoms with Crippen LogP contribution in [0.1, 0.15) is 59.3 Å². The Balaban J connectivity index is 2.50. The first-order valence-corrected chi connectivity index (χ1v) is 8.42. The molecule has 0 saturated heterocycles. The van der Waals surface area contributed by atoms with Gasteiger partial charge in [-0.05, 0) is 32.1 Å². The van der Waals surface area contributed by atoms with E-state index in [4.69, 9.17) is 14.7 Å². The van der Waals surface area contributed by atoms with Crippen molar-refractivity contribution < 1.29 is 24.3 Å². The van der Waals surface area contributed by atoms with E-state index in [0.717, 1.165) is 25.7 Å². The summed E-state index contributed by atoms with van der Waals surface area (Å²) in [5.74, 6) is -1.46. The van der Waals surface area contributed by atoms with Crippen molar-refractivity contribution in [2.75, 3.05) is 0 Å². The Labute approximate surface area is 138 Å². The van der Waals surface area contributed by atoms with Crippen LogP contribution in [0.4, 0.5) is 0 Å². The number of nitrogens with one attached hydrogen (secondary N) is 2. The first kappa shape index (κ1) is 19.9. The van der Waals surface area contributed by atoms with Gasteiger partial charge in [0.1, 0.15) is 12.1 Å².